The van der Waals surface area contributed by atoms with E-state index in [4.69, 9.17) is 14.2 Å². The summed E-state index contributed by atoms with van der Waals surface area (Å²) in [4.78, 5) is 11.8. The lowest BCUT2D eigenvalue weighted by Gasteiger charge is -2.12. The van der Waals surface area contributed by atoms with Crippen LogP contribution in [0.3, 0.4) is 0 Å². The summed E-state index contributed by atoms with van der Waals surface area (Å²) in [5, 5.41) is 0. The summed E-state index contributed by atoms with van der Waals surface area (Å²) in [7, 11) is -4.27. The van der Waals surface area contributed by atoms with Crippen molar-refractivity contribution in [2.45, 2.75) is 166 Å². The fourth-order valence-electron chi connectivity index (χ4n) is 5.72. The topological polar surface area (TPSA) is 106 Å². The van der Waals surface area contributed by atoms with Crippen LogP contribution in [0.2, 0.25) is 0 Å². The van der Waals surface area contributed by atoms with Crippen molar-refractivity contribution in [3.05, 3.63) is 60.4 Å². The zero-order valence-corrected chi connectivity index (χ0v) is 30.6. The smallest absolute Gasteiger partial charge is 0.305 e. The highest BCUT2D eigenvalue weighted by Gasteiger charge is 2.26. The number of esters is 1. The number of rotatable bonds is 25. The highest BCUT2D eigenvalue weighted by atomic mass is 32.2. The predicted octanol–water partition coefficient (Wildman–Crippen LogP) is 8.98. The van der Waals surface area contributed by atoms with Crippen LogP contribution >= 0.6 is 0 Å². The van der Waals surface area contributed by atoms with E-state index in [1.165, 1.54) is 102 Å². The van der Waals surface area contributed by atoms with Crippen molar-refractivity contribution in [1.29, 1.82) is 0 Å². The largest absolute Gasteiger partial charge is 0.744 e. The second kappa shape index (κ2) is 26.5. The summed E-state index contributed by atoms with van der Waals surface area (Å²) >= 11 is 0. The Labute approximate surface area is 291 Å². The molecule has 2 atom stereocenters. The van der Waals surface area contributed by atoms with Crippen LogP contribution in [0.15, 0.2) is 59.8 Å². The van der Waals surface area contributed by atoms with Gasteiger partial charge in [0.25, 0.3) is 0 Å². The molecule has 2 heterocycles. The molecule has 0 amide bonds. The summed E-state index contributed by atoms with van der Waals surface area (Å²) in [6, 6.07) is 11.9. The van der Waals surface area contributed by atoms with Gasteiger partial charge in [0.2, 0.25) is 0 Å². The molecule has 48 heavy (non-hydrogen) atoms. The van der Waals surface area contributed by atoms with Crippen molar-refractivity contribution in [1.82, 2.24) is 0 Å². The van der Waals surface area contributed by atoms with E-state index in [-0.39, 0.29) is 23.3 Å². The first-order chi connectivity index (χ1) is 23.3. The van der Waals surface area contributed by atoms with Crippen LogP contribution in [0.1, 0.15) is 141 Å². The van der Waals surface area contributed by atoms with Gasteiger partial charge in [0.05, 0.1) is 11.5 Å². The number of carbonyl (C=O) groups is 1. The highest BCUT2D eigenvalue weighted by molar-refractivity contribution is 7.85. The van der Waals surface area contributed by atoms with Crippen LogP contribution in [0, 0.1) is 6.92 Å². The second-order valence-electron chi connectivity index (χ2n) is 13.1. The Morgan fingerprint density at radius 1 is 0.792 bits per heavy atom. The first-order valence-corrected chi connectivity index (χ1v) is 20.1. The lowest BCUT2D eigenvalue weighted by molar-refractivity contribution is -0.697. The van der Waals surface area contributed by atoms with Gasteiger partial charge < -0.3 is 18.8 Å². The molecule has 8 nitrogen and oxygen atoms in total. The van der Waals surface area contributed by atoms with Crippen molar-refractivity contribution < 1.29 is 36.5 Å². The number of ether oxygens (including phenoxy) is 3. The number of benzene rings is 1. The minimum atomic E-state index is -4.27. The first-order valence-electron chi connectivity index (χ1n) is 18.7. The van der Waals surface area contributed by atoms with Gasteiger partial charge in [-0.05, 0) is 44.7 Å². The molecule has 0 bridgehead atoms. The molecule has 9 heteroatoms. The summed E-state index contributed by atoms with van der Waals surface area (Å²) in [5.41, 5.74) is 0.928. The number of pyridine rings is 1. The maximum atomic E-state index is 12.0. The molecule has 0 N–H and O–H groups in total. The summed E-state index contributed by atoms with van der Waals surface area (Å²) < 4.78 is 50.4. The van der Waals surface area contributed by atoms with Gasteiger partial charge in [-0.2, -0.15) is 0 Å². The van der Waals surface area contributed by atoms with Crippen LogP contribution < -0.4 is 4.57 Å². The molecule has 0 radical (unpaired) electrons. The quantitative estimate of drug-likeness (QED) is 0.0443. The average Bonchev–Trinajstić information content (AvgIpc) is 3.53. The van der Waals surface area contributed by atoms with Gasteiger partial charge in [-0.25, -0.2) is 13.0 Å². The van der Waals surface area contributed by atoms with Gasteiger partial charge in [0.1, 0.15) is 29.4 Å². The molecule has 1 fully saturated rings. The molecular weight excluding hydrogens is 626 g/mol. The second-order valence-corrected chi connectivity index (χ2v) is 14.5. The summed E-state index contributed by atoms with van der Waals surface area (Å²) in [6.07, 6.45) is 28.9. The van der Waals surface area contributed by atoms with Crippen molar-refractivity contribution in [2.24, 2.45) is 0 Å². The van der Waals surface area contributed by atoms with Gasteiger partial charge in [0.15, 0.2) is 18.7 Å². The third kappa shape index (κ3) is 21.6. The zero-order valence-electron chi connectivity index (χ0n) is 29.8. The molecule has 3 rings (SSSR count). The monoisotopic (exact) mass is 689 g/mol. The number of aromatic nitrogens is 1. The Hall–Kier alpha value is -2.33. The molecule has 0 spiro atoms. The Kier molecular flexibility index (Phi) is 23.1. The van der Waals surface area contributed by atoms with Crippen molar-refractivity contribution >= 4 is 16.1 Å². The SMILES string of the molecule is CCCCCCCCCCCCCCCCCC1OCC(COC(=O)CCCCC[n+]2ccccc2)O1.Cc1ccc(S(=O)(=O)[O-])cc1. The third-order valence-corrected chi connectivity index (χ3v) is 9.52. The fourth-order valence-corrected chi connectivity index (χ4v) is 6.19. The third-order valence-electron chi connectivity index (χ3n) is 8.67. The van der Waals surface area contributed by atoms with Gasteiger partial charge >= 0.3 is 5.97 Å². The molecular formula is C39H63NO7S. The van der Waals surface area contributed by atoms with E-state index in [0.717, 1.165) is 44.2 Å². The van der Waals surface area contributed by atoms with Gasteiger partial charge in [-0.15, -0.1) is 0 Å². The molecule has 1 aromatic carbocycles. The standard InChI is InChI=1S/C32H56NO4.C7H8O3S/c1-2-3-4-5-6-7-8-9-10-11-12-13-14-15-19-24-32-36-29-30(37-32)28-35-31(34)23-18-16-20-25-33-26-21-17-22-27-33;1-6-2-4-7(5-3-6)11(8,9)10/h17,21-22,26-27,30,32H,2-16,18-20,23-25,28-29H2,1H3;2-5H,1H3,(H,8,9,10)/q+1;/p-1. The van der Waals surface area contributed by atoms with E-state index in [0.29, 0.717) is 19.6 Å². The van der Waals surface area contributed by atoms with Crippen molar-refractivity contribution in [3.63, 3.8) is 0 Å². The maximum absolute atomic E-state index is 12.0. The van der Waals surface area contributed by atoms with Crippen LogP contribution in [-0.2, 0) is 35.7 Å². The molecule has 1 aromatic heterocycles. The van der Waals surface area contributed by atoms with Gasteiger partial charge in [-0.1, -0.05) is 121 Å². The molecule has 1 saturated heterocycles. The summed E-state index contributed by atoms with van der Waals surface area (Å²) in [6.45, 7) is 5.94. The minimum absolute atomic E-state index is 0.111. The van der Waals surface area contributed by atoms with E-state index in [1.807, 2.05) is 25.1 Å². The number of nitrogens with zero attached hydrogens (tertiary/aromatic N) is 1. The van der Waals surface area contributed by atoms with Crippen molar-refractivity contribution in [2.75, 3.05) is 13.2 Å². The Morgan fingerprint density at radius 2 is 1.33 bits per heavy atom. The number of hydrogen-bond acceptors (Lipinski definition) is 7. The van der Waals surface area contributed by atoms with E-state index < -0.39 is 10.1 Å². The number of hydrogen-bond donors (Lipinski definition) is 0. The number of unbranched alkanes of at least 4 members (excludes halogenated alkanes) is 16. The minimum Gasteiger partial charge on any atom is -0.744 e. The molecule has 2 unspecified atom stereocenters. The van der Waals surface area contributed by atoms with E-state index in [2.05, 4.69) is 23.9 Å². The summed E-state index contributed by atoms with van der Waals surface area (Å²) in [5.74, 6) is -0.123. The van der Waals surface area contributed by atoms with E-state index in [9.17, 15) is 17.8 Å². The van der Waals surface area contributed by atoms with Crippen molar-refractivity contribution in [3.8, 4) is 0 Å². The molecule has 0 aliphatic carbocycles. The molecule has 1 aliphatic rings. The van der Waals surface area contributed by atoms with Crippen LogP contribution in [0.4, 0.5) is 0 Å². The number of aryl methyl sites for hydroxylation is 2. The van der Waals surface area contributed by atoms with Crippen LogP contribution in [-0.4, -0.2) is 44.5 Å². The maximum Gasteiger partial charge on any atom is 0.305 e. The lowest BCUT2D eigenvalue weighted by Crippen LogP contribution is -2.32. The Morgan fingerprint density at radius 3 is 1.90 bits per heavy atom. The normalized spacial score (nSPS) is 16.0. The van der Waals surface area contributed by atoms with E-state index in [1.54, 1.807) is 12.1 Å². The van der Waals surface area contributed by atoms with Gasteiger partial charge in [0, 0.05) is 25.0 Å². The van der Waals surface area contributed by atoms with E-state index >= 15 is 0 Å². The lowest BCUT2D eigenvalue weighted by atomic mass is 10.0. The molecule has 272 valence electrons. The zero-order chi connectivity index (χ0) is 34.7. The Bertz CT molecular complexity index is 1170. The average molecular weight is 690 g/mol. The van der Waals surface area contributed by atoms with Gasteiger partial charge in [-0.3, -0.25) is 4.79 Å². The highest BCUT2D eigenvalue weighted by Crippen LogP contribution is 2.19. The Balaban J connectivity index is 0.000000613. The van der Waals surface area contributed by atoms with Crippen LogP contribution in [0.25, 0.3) is 0 Å². The molecule has 1 aliphatic heterocycles. The predicted molar refractivity (Wildman–Crippen MR) is 189 cm³/mol. The first kappa shape index (κ1) is 41.8. The molecule has 0 saturated carbocycles. The fraction of sp³-hybridized carbons (Fsp3) is 0.692. The van der Waals surface area contributed by atoms with Crippen LogP contribution in [0.5, 0.6) is 0 Å². The number of carbonyl (C=O) groups excluding carboxylic acids is 1. The molecule has 2 aromatic rings.